The van der Waals surface area contributed by atoms with E-state index in [9.17, 15) is 0 Å². The van der Waals surface area contributed by atoms with E-state index in [1.165, 1.54) is 32.1 Å². The van der Waals surface area contributed by atoms with Crippen LogP contribution in [0.1, 0.15) is 32.1 Å². The van der Waals surface area contributed by atoms with Gasteiger partial charge in [0.15, 0.2) is 0 Å². The zero-order valence-electron chi connectivity index (χ0n) is 9.19. The fourth-order valence-corrected chi connectivity index (χ4v) is 2.22. The number of hydrogen-bond acceptors (Lipinski definition) is 4. The van der Waals surface area contributed by atoms with Crippen molar-refractivity contribution in [1.82, 2.24) is 9.97 Å². The van der Waals surface area contributed by atoms with Crippen LogP contribution in [0.3, 0.4) is 0 Å². The van der Waals surface area contributed by atoms with Crippen LogP contribution in [0.5, 0.6) is 0 Å². The lowest BCUT2D eigenvalue weighted by molar-refractivity contribution is 0.426. The van der Waals surface area contributed by atoms with Crippen LogP contribution in [-0.2, 0) is 0 Å². The summed E-state index contributed by atoms with van der Waals surface area (Å²) in [5, 5.41) is 0. The molecule has 1 aromatic rings. The largest absolute Gasteiger partial charge is 0.368 e. The molecule has 0 radical (unpaired) electrons. The molecule has 0 aromatic carbocycles. The smallest absolute Gasteiger partial charge is 0.221 e. The lowest BCUT2D eigenvalue weighted by Gasteiger charge is -2.31. The van der Waals surface area contributed by atoms with Gasteiger partial charge < -0.3 is 10.6 Å². The quantitative estimate of drug-likeness (QED) is 0.802. The fraction of sp³-hybridized carbons (Fsp3) is 0.636. The van der Waals surface area contributed by atoms with Gasteiger partial charge in [-0.25, -0.2) is 4.98 Å². The van der Waals surface area contributed by atoms with Gasteiger partial charge in [-0.05, 0) is 18.9 Å². The minimum Gasteiger partial charge on any atom is -0.368 e. The van der Waals surface area contributed by atoms with Crippen LogP contribution >= 0.6 is 0 Å². The molecule has 15 heavy (non-hydrogen) atoms. The molecule has 4 heteroatoms. The molecule has 0 aliphatic heterocycles. The van der Waals surface area contributed by atoms with Crippen molar-refractivity contribution in [3.05, 3.63) is 12.3 Å². The number of hydrogen-bond donors (Lipinski definition) is 1. The molecule has 1 aromatic heterocycles. The highest BCUT2D eigenvalue weighted by Crippen LogP contribution is 2.24. The molecule has 4 nitrogen and oxygen atoms in total. The van der Waals surface area contributed by atoms with Crippen molar-refractivity contribution in [3.8, 4) is 0 Å². The van der Waals surface area contributed by atoms with Crippen LogP contribution in [0.25, 0.3) is 0 Å². The van der Waals surface area contributed by atoms with Gasteiger partial charge in [-0.1, -0.05) is 19.3 Å². The van der Waals surface area contributed by atoms with Gasteiger partial charge in [-0.2, -0.15) is 4.98 Å². The standard InChI is InChI=1S/C11H18N4/c1-15(9-5-3-2-4-6-9)10-7-8-13-11(12)14-10/h7-9H,2-6H2,1H3,(H2,12,13,14). The van der Waals surface area contributed by atoms with Crippen molar-refractivity contribution >= 4 is 11.8 Å². The van der Waals surface area contributed by atoms with E-state index in [0.29, 0.717) is 12.0 Å². The summed E-state index contributed by atoms with van der Waals surface area (Å²) in [5.41, 5.74) is 5.58. The highest BCUT2D eigenvalue weighted by molar-refractivity contribution is 5.41. The zero-order valence-corrected chi connectivity index (χ0v) is 9.19. The first kappa shape index (κ1) is 10.2. The number of aromatic nitrogens is 2. The molecular formula is C11H18N4. The lowest BCUT2D eigenvalue weighted by atomic mass is 9.94. The Hall–Kier alpha value is -1.32. The maximum absolute atomic E-state index is 5.58. The molecule has 1 heterocycles. The van der Waals surface area contributed by atoms with Gasteiger partial charge in [0.05, 0.1) is 0 Å². The van der Waals surface area contributed by atoms with Crippen LogP contribution in [0.4, 0.5) is 11.8 Å². The van der Waals surface area contributed by atoms with Gasteiger partial charge in [-0.15, -0.1) is 0 Å². The Bertz CT molecular complexity index is 320. The first-order valence-electron chi connectivity index (χ1n) is 5.59. The van der Waals surface area contributed by atoms with Gasteiger partial charge in [0, 0.05) is 19.3 Å². The Morgan fingerprint density at radius 1 is 1.33 bits per heavy atom. The highest BCUT2D eigenvalue weighted by Gasteiger charge is 2.18. The average Bonchev–Trinajstić information content (AvgIpc) is 2.29. The SMILES string of the molecule is CN(c1ccnc(N)n1)C1CCCCC1. The molecule has 0 amide bonds. The Balaban J connectivity index is 2.08. The summed E-state index contributed by atoms with van der Waals surface area (Å²) in [5.74, 6) is 1.30. The van der Waals surface area contributed by atoms with Gasteiger partial charge in [0.1, 0.15) is 5.82 Å². The zero-order chi connectivity index (χ0) is 10.7. The fourth-order valence-electron chi connectivity index (χ4n) is 2.22. The molecule has 2 rings (SSSR count). The molecule has 0 spiro atoms. The molecule has 1 fully saturated rings. The second-order valence-corrected chi connectivity index (χ2v) is 4.18. The van der Waals surface area contributed by atoms with E-state index in [-0.39, 0.29) is 0 Å². The third kappa shape index (κ3) is 2.37. The Morgan fingerprint density at radius 2 is 2.07 bits per heavy atom. The van der Waals surface area contributed by atoms with Crippen molar-refractivity contribution in [2.24, 2.45) is 0 Å². The minimum absolute atomic E-state index is 0.357. The van der Waals surface area contributed by atoms with E-state index in [1.54, 1.807) is 6.20 Å². The molecule has 0 atom stereocenters. The maximum atomic E-state index is 5.58. The summed E-state index contributed by atoms with van der Waals surface area (Å²) < 4.78 is 0. The number of nitrogens with two attached hydrogens (primary N) is 1. The van der Waals surface area contributed by atoms with Crippen molar-refractivity contribution in [1.29, 1.82) is 0 Å². The molecule has 1 saturated carbocycles. The Kier molecular flexibility index (Phi) is 3.04. The first-order chi connectivity index (χ1) is 7.27. The van der Waals surface area contributed by atoms with Crippen LogP contribution in [0.15, 0.2) is 12.3 Å². The summed E-state index contributed by atoms with van der Waals surface area (Å²) in [6.07, 6.45) is 8.28. The number of nitrogen functional groups attached to an aromatic ring is 1. The second kappa shape index (κ2) is 4.47. The molecule has 0 bridgehead atoms. The van der Waals surface area contributed by atoms with Gasteiger partial charge >= 0.3 is 0 Å². The number of nitrogens with zero attached hydrogens (tertiary/aromatic N) is 3. The van der Waals surface area contributed by atoms with Crippen LogP contribution in [0, 0.1) is 0 Å². The predicted molar refractivity (Wildman–Crippen MR) is 61.7 cm³/mol. The normalized spacial score (nSPS) is 17.7. The van der Waals surface area contributed by atoms with Crippen molar-refractivity contribution in [2.45, 2.75) is 38.1 Å². The van der Waals surface area contributed by atoms with Crippen LogP contribution in [0.2, 0.25) is 0 Å². The number of anilines is 2. The van der Waals surface area contributed by atoms with Gasteiger partial charge in [0.25, 0.3) is 0 Å². The molecule has 1 aliphatic rings. The topological polar surface area (TPSA) is 55.0 Å². The monoisotopic (exact) mass is 206 g/mol. The van der Waals surface area contributed by atoms with Crippen LogP contribution in [-0.4, -0.2) is 23.1 Å². The molecule has 2 N–H and O–H groups in total. The van der Waals surface area contributed by atoms with Gasteiger partial charge in [-0.3, -0.25) is 0 Å². The summed E-state index contributed by atoms with van der Waals surface area (Å²) in [4.78, 5) is 10.4. The first-order valence-corrected chi connectivity index (χ1v) is 5.59. The molecule has 82 valence electrons. The molecule has 0 saturated heterocycles. The summed E-state index contributed by atoms with van der Waals surface area (Å²) in [7, 11) is 2.10. The summed E-state index contributed by atoms with van der Waals surface area (Å²) >= 11 is 0. The number of rotatable bonds is 2. The third-order valence-corrected chi connectivity index (χ3v) is 3.14. The average molecular weight is 206 g/mol. The van der Waals surface area contributed by atoms with E-state index in [2.05, 4.69) is 21.9 Å². The van der Waals surface area contributed by atoms with Crippen molar-refractivity contribution < 1.29 is 0 Å². The van der Waals surface area contributed by atoms with E-state index < -0.39 is 0 Å². The molecule has 0 unspecified atom stereocenters. The lowest BCUT2D eigenvalue weighted by Crippen LogP contribution is -2.34. The highest BCUT2D eigenvalue weighted by atomic mass is 15.2. The maximum Gasteiger partial charge on any atom is 0.221 e. The van der Waals surface area contributed by atoms with Crippen molar-refractivity contribution in [3.63, 3.8) is 0 Å². The third-order valence-electron chi connectivity index (χ3n) is 3.14. The molecule has 1 aliphatic carbocycles. The Morgan fingerprint density at radius 3 is 2.73 bits per heavy atom. The Labute approximate surface area is 90.5 Å². The van der Waals surface area contributed by atoms with Gasteiger partial charge in [0.2, 0.25) is 5.95 Å². The van der Waals surface area contributed by atoms with Crippen molar-refractivity contribution in [2.75, 3.05) is 17.7 Å². The second-order valence-electron chi connectivity index (χ2n) is 4.18. The minimum atomic E-state index is 0.357. The summed E-state index contributed by atoms with van der Waals surface area (Å²) in [6, 6.07) is 2.54. The van der Waals surface area contributed by atoms with Crippen LogP contribution < -0.4 is 10.6 Å². The molecular weight excluding hydrogens is 188 g/mol. The van der Waals surface area contributed by atoms with E-state index in [4.69, 9.17) is 5.73 Å². The predicted octanol–water partition coefficient (Wildman–Crippen LogP) is 1.83. The summed E-state index contributed by atoms with van der Waals surface area (Å²) in [6.45, 7) is 0. The van der Waals surface area contributed by atoms with E-state index >= 15 is 0 Å². The van der Waals surface area contributed by atoms with E-state index in [1.807, 2.05) is 6.07 Å². The van der Waals surface area contributed by atoms with E-state index in [0.717, 1.165) is 5.82 Å².